The largest absolute Gasteiger partial charge is 0.433 e. The van der Waals surface area contributed by atoms with Crippen molar-refractivity contribution in [3.05, 3.63) is 58.0 Å². The molecule has 2 rings (SSSR count). The first-order valence-corrected chi connectivity index (χ1v) is 7.91. The summed E-state index contributed by atoms with van der Waals surface area (Å²) >= 11 is 0. The number of benzene rings is 1. The van der Waals surface area contributed by atoms with Gasteiger partial charge in [-0.15, -0.1) is 0 Å². The van der Waals surface area contributed by atoms with Crippen molar-refractivity contribution in [2.75, 3.05) is 6.26 Å². The topological polar surface area (TPSA) is 69.0 Å². The minimum Gasteiger partial charge on any atom is -0.279 e. The number of sulfone groups is 1. The summed E-state index contributed by atoms with van der Waals surface area (Å²) in [4.78, 5) is 15.0. The molecule has 0 fully saturated rings. The number of hydrogen-bond donors (Lipinski definition) is 0. The zero-order valence-corrected chi connectivity index (χ0v) is 12.1. The van der Waals surface area contributed by atoms with Gasteiger partial charge in [-0.25, -0.2) is 13.4 Å². The molecule has 0 saturated heterocycles. The van der Waals surface area contributed by atoms with Crippen molar-refractivity contribution >= 4 is 9.84 Å². The van der Waals surface area contributed by atoms with Crippen molar-refractivity contribution < 1.29 is 21.6 Å². The highest BCUT2D eigenvalue weighted by Crippen LogP contribution is 2.27. The molecule has 0 saturated carbocycles. The molecule has 0 aliphatic carbocycles. The lowest BCUT2D eigenvalue weighted by Crippen LogP contribution is -2.29. The average Bonchev–Trinajstić information content (AvgIpc) is 2.39. The standard InChI is InChI=1S/C13H11F3N2O3S/c1-22(20,21)12-17-10(13(14,15)16)7-11(19)18(12)8-9-5-3-2-4-6-9/h2-7H,8H2,1H3. The number of hydrogen-bond acceptors (Lipinski definition) is 4. The van der Waals surface area contributed by atoms with E-state index in [-0.39, 0.29) is 12.6 Å². The van der Waals surface area contributed by atoms with E-state index in [0.29, 0.717) is 16.4 Å². The molecule has 0 aliphatic heterocycles. The Balaban J connectivity index is 2.66. The van der Waals surface area contributed by atoms with E-state index in [1.165, 1.54) is 0 Å². The highest BCUT2D eigenvalue weighted by Gasteiger charge is 2.35. The van der Waals surface area contributed by atoms with Gasteiger partial charge in [-0.3, -0.25) is 9.36 Å². The third kappa shape index (κ3) is 3.53. The third-order valence-electron chi connectivity index (χ3n) is 2.78. The van der Waals surface area contributed by atoms with Crippen LogP contribution in [0.1, 0.15) is 11.3 Å². The first-order valence-electron chi connectivity index (χ1n) is 6.02. The van der Waals surface area contributed by atoms with E-state index in [2.05, 4.69) is 4.98 Å². The molecular formula is C13H11F3N2O3S. The molecule has 22 heavy (non-hydrogen) atoms. The van der Waals surface area contributed by atoms with Crippen LogP contribution in [0.3, 0.4) is 0 Å². The predicted octanol–water partition coefficient (Wildman–Crippen LogP) is 1.71. The van der Waals surface area contributed by atoms with Crippen LogP contribution in [0.25, 0.3) is 0 Å². The summed E-state index contributed by atoms with van der Waals surface area (Å²) in [6.07, 6.45) is -4.19. The number of alkyl halides is 3. The second-order valence-electron chi connectivity index (χ2n) is 4.60. The van der Waals surface area contributed by atoms with Crippen LogP contribution >= 0.6 is 0 Å². The maximum atomic E-state index is 12.7. The number of halogens is 3. The van der Waals surface area contributed by atoms with E-state index in [0.717, 1.165) is 0 Å². The molecular weight excluding hydrogens is 321 g/mol. The summed E-state index contributed by atoms with van der Waals surface area (Å²) < 4.78 is 62.1. The molecule has 5 nitrogen and oxygen atoms in total. The molecule has 1 aromatic carbocycles. The smallest absolute Gasteiger partial charge is 0.279 e. The van der Waals surface area contributed by atoms with Crippen LogP contribution in [0, 0.1) is 0 Å². The van der Waals surface area contributed by atoms with E-state index >= 15 is 0 Å². The Morgan fingerprint density at radius 3 is 2.27 bits per heavy atom. The van der Waals surface area contributed by atoms with E-state index in [1.54, 1.807) is 30.3 Å². The molecule has 0 spiro atoms. The normalized spacial score (nSPS) is 12.4. The summed E-state index contributed by atoms with van der Waals surface area (Å²) in [5, 5.41) is -0.906. The van der Waals surface area contributed by atoms with Crippen LogP contribution in [0.4, 0.5) is 13.2 Å². The summed E-state index contributed by atoms with van der Waals surface area (Å²) in [7, 11) is -4.11. The fraction of sp³-hybridized carbons (Fsp3) is 0.231. The summed E-state index contributed by atoms with van der Waals surface area (Å²) in [5.74, 6) is 0. The third-order valence-corrected chi connectivity index (χ3v) is 3.75. The van der Waals surface area contributed by atoms with Crippen molar-refractivity contribution in [3.8, 4) is 0 Å². The van der Waals surface area contributed by atoms with Gasteiger partial charge in [0.25, 0.3) is 5.56 Å². The Bertz CT molecular complexity index is 843. The highest BCUT2D eigenvalue weighted by molar-refractivity contribution is 7.90. The zero-order valence-electron chi connectivity index (χ0n) is 11.3. The Morgan fingerprint density at radius 1 is 1.18 bits per heavy atom. The second-order valence-corrected chi connectivity index (χ2v) is 6.51. The summed E-state index contributed by atoms with van der Waals surface area (Å²) in [6, 6.07) is 8.58. The molecule has 9 heteroatoms. The molecule has 0 radical (unpaired) electrons. The van der Waals surface area contributed by atoms with Crippen LogP contribution in [0.15, 0.2) is 46.3 Å². The first-order chi connectivity index (χ1) is 10.1. The van der Waals surface area contributed by atoms with Gasteiger partial charge in [0.1, 0.15) is 0 Å². The Kier molecular flexibility index (Phi) is 4.10. The molecule has 118 valence electrons. The van der Waals surface area contributed by atoms with E-state index in [4.69, 9.17) is 0 Å². The van der Waals surface area contributed by atoms with Crippen molar-refractivity contribution in [1.82, 2.24) is 9.55 Å². The van der Waals surface area contributed by atoms with Crippen molar-refractivity contribution in [2.24, 2.45) is 0 Å². The van der Waals surface area contributed by atoms with Gasteiger partial charge in [-0.05, 0) is 5.56 Å². The SMILES string of the molecule is CS(=O)(=O)c1nc(C(F)(F)F)cc(=O)n1Cc1ccccc1. The van der Waals surface area contributed by atoms with Crippen molar-refractivity contribution in [2.45, 2.75) is 17.9 Å². The first kappa shape index (κ1) is 16.2. The van der Waals surface area contributed by atoms with Crippen LogP contribution in [0.5, 0.6) is 0 Å². The maximum absolute atomic E-state index is 12.7. The van der Waals surface area contributed by atoms with Gasteiger partial charge in [0.05, 0.1) is 6.54 Å². The van der Waals surface area contributed by atoms with Crippen LogP contribution in [0.2, 0.25) is 0 Å². The lowest BCUT2D eigenvalue weighted by molar-refractivity contribution is -0.141. The van der Waals surface area contributed by atoms with Crippen molar-refractivity contribution in [3.63, 3.8) is 0 Å². The van der Waals surface area contributed by atoms with Gasteiger partial charge in [0.2, 0.25) is 15.0 Å². The molecule has 0 atom stereocenters. The van der Waals surface area contributed by atoms with Gasteiger partial charge in [0.15, 0.2) is 5.69 Å². The molecule has 0 aliphatic rings. The maximum Gasteiger partial charge on any atom is 0.433 e. The summed E-state index contributed by atoms with van der Waals surface area (Å²) in [6.45, 7) is -0.187. The fourth-order valence-electron chi connectivity index (χ4n) is 1.82. The van der Waals surface area contributed by atoms with Gasteiger partial charge in [-0.2, -0.15) is 13.2 Å². The van der Waals surface area contributed by atoms with Crippen molar-refractivity contribution in [1.29, 1.82) is 0 Å². The Morgan fingerprint density at radius 2 is 1.77 bits per heavy atom. The van der Waals surface area contributed by atoms with Crippen LogP contribution < -0.4 is 5.56 Å². The van der Waals surface area contributed by atoms with E-state index in [1.807, 2.05) is 0 Å². The molecule has 0 N–H and O–H groups in total. The monoisotopic (exact) mass is 332 g/mol. The van der Waals surface area contributed by atoms with E-state index in [9.17, 15) is 26.4 Å². The fourth-order valence-corrected chi connectivity index (χ4v) is 2.64. The molecule has 2 aromatic rings. The molecule has 0 unspecified atom stereocenters. The predicted molar refractivity (Wildman–Crippen MR) is 72.2 cm³/mol. The van der Waals surface area contributed by atoms with Crippen LogP contribution in [-0.2, 0) is 22.6 Å². The quantitative estimate of drug-likeness (QED) is 0.803. The molecule has 0 amide bonds. The average molecular weight is 332 g/mol. The lowest BCUT2D eigenvalue weighted by Gasteiger charge is -2.13. The Labute approximate surface area is 124 Å². The Hall–Kier alpha value is -2.16. The highest BCUT2D eigenvalue weighted by atomic mass is 32.2. The lowest BCUT2D eigenvalue weighted by atomic mass is 10.2. The van der Waals surface area contributed by atoms with Gasteiger partial charge >= 0.3 is 6.18 Å². The number of aromatic nitrogens is 2. The zero-order chi connectivity index (χ0) is 16.5. The van der Waals surface area contributed by atoms with Gasteiger partial charge in [-0.1, -0.05) is 30.3 Å². The van der Waals surface area contributed by atoms with Crippen LogP contribution in [-0.4, -0.2) is 24.2 Å². The summed E-state index contributed by atoms with van der Waals surface area (Å²) in [5.41, 5.74) is -2.04. The second kappa shape index (κ2) is 5.56. The van der Waals surface area contributed by atoms with E-state index < -0.39 is 32.4 Å². The molecule has 0 bridgehead atoms. The minimum atomic E-state index is -4.90. The molecule has 1 heterocycles. The van der Waals surface area contributed by atoms with Gasteiger partial charge < -0.3 is 0 Å². The minimum absolute atomic E-state index is 0.187. The molecule has 1 aromatic heterocycles. The number of rotatable bonds is 3. The van der Waals surface area contributed by atoms with Gasteiger partial charge in [0, 0.05) is 12.3 Å². The number of nitrogens with zero attached hydrogens (tertiary/aromatic N) is 2.